The number of carbonyl (C=O) groups is 1. The molecule has 0 amide bonds. The maximum absolute atomic E-state index is 12.1. The summed E-state index contributed by atoms with van der Waals surface area (Å²) in [5, 5.41) is 16.7. The highest BCUT2D eigenvalue weighted by Crippen LogP contribution is 2.24. The van der Waals surface area contributed by atoms with Gasteiger partial charge in [0.15, 0.2) is 0 Å². The zero-order valence-electron chi connectivity index (χ0n) is 18.9. The normalized spacial score (nSPS) is 11.9. The number of rotatable bonds is 10. The maximum Gasteiger partial charge on any atom is 0.326 e. The van der Waals surface area contributed by atoms with Crippen LogP contribution in [0.2, 0.25) is 0 Å². The van der Waals surface area contributed by atoms with Crippen molar-refractivity contribution in [3.63, 3.8) is 0 Å². The van der Waals surface area contributed by atoms with E-state index in [1.54, 1.807) is 4.90 Å². The van der Waals surface area contributed by atoms with E-state index in [-0.39, 0.29) is 17.8 Å². The number of benzene rings is 2. The van der Waals surface area contributed by atoms with Crippen molar-refractivity contribution in [3.05, 3.63) is 80.9 Å². The quantitative estimate of drug-likeness (QED) is 0.307. The van der Waals surface area contributed by atoms with Crippen molar-refractivity contribution in [1.29, 1.82) is 0 Å². The van der Waals surface area contributed by atoms with Gasteiger partial charge >= 0.3 is 5.97 Å². The van der Waals surface area contributed by atoms with Crippen LogP contribution >= 0.6 is 0 Å². The summed E-state index contributed by atoms with van der Waals surface area (Å²) in [6, 6.07) is 13.9. The molecule has 174 valence electrons. The van der Waals surface area contributed by atoms with Crippen molar-refractivity contribution >= 4 is 39.8 Å². The van der Waals surface area contributed by atoms with Gasteiger partial charge in [0.25, 0.3) is 10.9 Å². The van der Waals surface area contributed by atoms with Crippen LogP contribution in [0, 0.1) is 0 Å². The van der Waals surface area contributed by atoms with Gasteiger partial charge in [0.1, 0.15) is 29.6 Å². The number of aliphatic carboxylic acids is 1. The highest BCUT2D eigenvalue weighted by atomic mass is 16.4. The lowest BCUT2D eigenvalue weighted by molar-refractivity contribution is -0.137. The van der Waals surface area contributed by atoms with Crippen LogP contribution in [-0.2, 0) is 11.2 Å². The zero-order chi connectivity index (χ0) is 24.2. The van der Waals surface area contributed by atoms with Gasteiger partial charge in [-0.3, -0.25) is 9.59 Å². The second kappa shape index (κ2) is 9.70. The van der Waals surface area contributed by atoms with Crippen molar-refractivity contribution in [3.8, 4) is 0 Å². The van der Waals surface area contributed by atoms with E-state index in [0.29, 0.717) is 18.9 Å². The fourth-order valence-corrected chi connectivity index (χ4v) is 3.93. The van der Waals surface area contributed by atoms with Gasteiger partial charge in [-0.25, -0.2) is 14.8 Å². The van der Waals surface area contributed by atoms with Crippen LogP contribution in [0.1, 0.15) is 19.4 Å². The third kappa shape index (κ3) is 4.45. The summed E-state index contributed by atoms with van der Waals surface area (Å²) >= 11 is 0. The molecule has 0 saturated heterocycles. The molecule has 1 atom stereocenters. The molecule has 0 saturated carbocycles. The fourth-order valence-electron chi connectivity index (χ4n) is 3.93. The Morgan fingerprint density at radius 3 is 2.38 bits per heavy atom. The minimum atomic E-state index is -1.10. The number of hydrogen-bond acceptors (Lipinski definition) is 8. The molecule has 4 rings (SSSR count). The van der Waals surface area contributed by atoms with Crippen LogP contribution in [0.25, 0.3) is 10.9 Å². The Balaban J connectivity index is 1.50. The lowest BCUT2D eigenvalue weighted by Crippen LogP contribution is -2.45. The third-order valence-corrected chi connectivity index (χ3v) is 5.78. The number of carboxylic acids is 1. The molecule has 1 heterocycles. The van der Waals surface area contributed by atoms with Gasteiger partial charge in [-0.05, 0) is 43.7 Å². The van der Waals surface area contributed by atoms with Crippen LogP contribution in [0.5, 0.6) is 0 Å². The van der Waals surface area contributed by atoms with Crippen LogP contribution in [-0.4, -0.2) is 40.2 Å². The van der Waals surface area contributed by atoms with Crippen LogP contribution < -0.4 is 26.4 Å². The van der Waals surface area contributed by atoms with Crippen molar-refractivity contribution in [2.75, 3.05) is 28.6 Å². The van der Waals surface area contributed by atoms with Crippen molar-refractivity contribution in [2.45, 2.75) is 26.3 Å². The minimum Gasteiger partial charge on any atom is -0.480 e. The number of para-hydroxylation sites is 1. The maximum atomic E-state index is 12.1. The first-order valence-corrected chi connectivity index (χ1v) is 11.1. The number of nitrogens with one attached hydrogen (secondary N) is 2. The Labute approximate surface area is 195 Å². The summed E-state index contributed by atoms with van der Waals surface area (Å²) in [6.07, 6.45) is 1.64. The van der Waals surface area contributed by atoms with E-state index in [4.69, 9.17) is 0 Å². The Kier molecular flexibility index (Phi) is 6.53. The Bertz CT molecular complexity index is 1380. The van der Waals surface area contributed by atoms with Gasteiger partial charge in [-0.1, -0.05) is 24.3 Å². The third-order valence-electron chi connectivity index (χ3n) is 5.78. The monoisotopic (exact) mass is 459 g/mol. The molecule has 3 aromatic carbocycles. The highest BCUT2D eigenvalue weighted by Gasteiger charge is 2.29. The average molecular weight is 460 g/mol. The van der Waals surface area contributed by atoms with Gasteiger partial charge < -0.3 is 20.6 Å². The Morgan fingerprint density at radius 1 is 1.00 bits per heavy atom. The summed E-state index contributed by atoms with van der Waals surface area (Å²) < 4.78 is 0. The minimum absolute atomic E-state index is 0.0787. The average Bonchev–Trinajstić information content (AvgIpc) is 2.86. The lowest BCUT2D eigenvalue weighted by Gasteiger charge is -2.26. The summed E-state index contributed by atoms with van der Waals surface area (Å²) in [7, 11) is 0. The molecule has 0 unspecified atom stereocenters. The first-order chi connectivity index (χ1) is 16.4. The number of nitrogens with zero attached hydrogens (tertiary/aromatic N) is 3. The fraction of sp³-hybridized carbons (Fsp3) is 0.240. The summed E-state index contributed by atoms with van der Waals surface area (Å²) in [5.41, 5.74) is 1.47. The summed E-state index contributed by atoms with van der Waals surface area (Å²) in [6.45, 7) is 4.84. The molecule has 9 nitrogen and oxygen atoms in total. The SMILES string of the molecule is CCN(CC)c1c(N[C@@H](Cc2ccc(Nc3ncnc4ccccc34)cc2)C(=O)O)c(=O)c1=O. The molecule has 3 N–H and O–H groups in total. The van der Waals surface area contributed by atoms with Crippen LogP contribution in [0.3, 0.4) is 0 Å². The van der Waals surface area contributed by atoms with Gasteiger partial charge in [0.2, 0.25) is 0 Å². The van der Waals surface area contributed by atoms with E-state index in [1.165, 1.54) is 6.33 Å². The van der Waals surface area contributed by atoms with Crippen LogP contribution in [0.4, 0.5) is 22.9 Å². The van der Waals surface area contributed by atoms with Gasteiger partial charge in [-0.15, -0.1) is 0 Å². The smallest absolute Gasteiger partial charge is 0.326 e. The first-order valence-electron chi connectivity index (χ1n) is 11.1. The molecule has 0 aliphatic rings. The van der Waals surface area contributed by atoms with E-state index in [2.05, 4.69) is 20.6 Å². The van der Waals surface area contributed by atoms with Gasteiger partial charge in [0, 0.05) is 30.6 Å². The van der Waals surface area contributed by atoms with E-state index in [9.17, 15) is 19.5 Å². The molecule has 0 bridgehead atoms. The zero-order valence-corrected chi connectivity index (χ0v) is 18.9. The number of hydrogen-bond donors (Lipinski definition) is 3. The summed E-state index contributed by atoms with van der Waals surface area (Å²) in [4.78, 5) is 46.4. The van der Waals surface area contributed by atoms with E-state index < -0.39 is 22.9 Å². The molecular formula is C25H25N5O4. The molecule has 0 fully saturated rings. The summed E-state index contributed by atoms with van der Waals surface area (Å²) in [5.74, 6) is -0.430. The molecule has 34 heavy (non-hydrogen) atoms. The molecule has 4 aromatic rings. The molecule has 0 radical (unpaired) electrons. The Hall–Kier alpha value is -4.27. The largest absolute Gasteiger partial charge is 0.480 e. The molecule has 1 aromatic heterocycles. The lowest BCUT2D eigenvalue weighted by atomic mass is 10.0. The van der Waals surface area contributed by atoms with E-state index in [0.717, 1.165) is 22.2 Å². The number of aromatic nitrogens is 2. The van der Waals surface area contributed by atoms with E-state index >= 15 is 0 Å². The number of fused-ring (bicyclic) bond motifs is 1. The topological polar surface area (TPSA) is 125 Å². The highest BCUT2D eigenvalue weighted by molar-refractivity contribution is 5.90. The number of anilines is 4. The molecule has 0 aliphatic heterocycles. The van der Waals surface area contributed by atoms with E-state index in [1.807, 2.05) is 62.4 Å². The van der Waals surface area contributed by atoms with Gasteiger partial charge in [-0.2, -0.15) is 0 Å². The molecule has 9 heteroatoms. The van der Waals surface area contributed by atoms with Crippen molar-refractivity contribution in [1.82, 2.24) is 9.97 Å². The first kappa shape index (κ1) is 22.9. The Morgan fingerprint density at radius 2 is 1.71 bits per heavy atom. The molecule has 0 spiro atoms. The predicted molar refractivity (Wildman–Crippen MR) is 133 cm³/mol. The second-order valence-corrected chi connectivity index (χ2v) is 7.85. The predicted octanol–water partition coefficient (Wildman–Crippen LogP) is 2.92. The van der Waals surface area contributed by atoms with Crippen LogP contribution in [0.15, 0.2) is 64.4 Å². The number of carboxylic acid groups (broad SMARTS) is 1. The molecule has 0 aliphatic carbocycles. The standard InChI is InChI=1S/C25H25N5O4/c1-3-30(4-2)21-20(22(31)23(21)32)29-19(25(33)34)13-15-9-11-16(12-10-15)28-24-17-7-5-6-8-18(17)26-14-27-24/h5-12,14,19,29H,3-4,13H2,1-2H3,(H,33,34)(H,26,27,28)/t19-/m0/s1. The van der Waals surface area contributed by atoms with Crippen molar-refractivity contribution in [2.24, 2.45) is 0 Å². The van der Waals surface area contributed by atoms with Gasteiger partial charge in [0.05, 0.1) is 5.52 Å². The second-order valence-electron chi connectivity index (χ2n) is 7.85. The van der Waals surface area contributed by atoms with Crippen molar-refractivity contribution < 1.29 is 9.90 Å². The molecular weight excluding hydrogens is 434 g/mol.